The summed E-state index contributed by atoms with van der Waals surface area (Å²) >= 11 is 0. The van der Waals surface area contributed by atoms with Crippen LogP contribution in [-0.4, -0.2) is 43.7 Å². The second-order valence-corrected chi connectivity index (χ2v) is 8.19. The molecule has 1 saturated heterocycles. The monoisotopic (exact) mass is 479 g/mol. The molecule has 1 aliphatic rings. The number of methoxy groups -OCH3 is 2. The summed E-state index contributed by atoms with van der Waals surface area (Å²) in [4.78, 5) is 29.7. The van der Waals surface area contributed by atoms with Gasteiger partial charge in [0.1, 0.15) is 29.1 Å². The number of ether oxygens (including phenoxy) is 3. The Bertz CT molecular complexity index is 1200. The molecule has 1 fully saturated rings. The normalized spacial score (nSPS) is 15.0. The van der Waals surface area contributed by atoms with Crippen LogP contribution in [0.1, 0.15) is 29.9 Å². The average Bonchev–Trinajstić information content (AvgIpc) is 3.53. The van der Waals surface area contributed by atoms with Crippen molar-refractivity contribution in [2.24, 2.45) is 0 Å². The second-order valence-electron chi connectivity index (χ2n) is 8.19. The SMILES string of the molecule is COc1ccc(OC)c(CC(=O)NCc2nc(-c3ccccc3NC(=O)[C@@H]3CCCO3)oc2C)c1. The number of benzene rings is 2. The summed E-state index contributed by atoms with van der Waals surface area (Å²) in [5.74, 6) is 1.84. The number of anilines is 1. The van der Waals surface area contributed by atoms with E-state index in [9.17, 15) is 9.59 Å². The molecule has 0 aliphatic carbocycles. The van der Waals surface area contributed by atoms with Crippen molar-refractivity contribution in [1.82, 2.24) is 10.3 Å². The van der Waals surface area contributed by atoms with Crippen LogP contribution in [0.15, 0.2) is 46.9 Å². The Labute approximate surface area is 203 Å². The van der Waals surface area contributed by atoms with Gasteiger partial charge in [0.15, 0.2) is 0 Å². The molecule has 2 aromatic carbocycles. The lowest BCUT2D eigenvalue weighted by Gasteiger charge is -2.12. The summed E-state index contributed by atoms with van der Waals surface area (Å²) in [5, 5.41) is 5.80. The molecule has 1 aromatic heterocycles. The first kappa shape index (κ1) is 24.3. The van der Waals surface area contributed by atoms with Gasteiger partial charge in [-0.05, 0) is 50.1 Å². The Morgan fingerprint density at radius 2 is 1.97 bits per heavy atom. The van der Waals surface area contributed by atoms with E-state index in [2.05, 4.69) is 15.6 Å². The third-order valence-corrected chi connectivity index (χ3v) is 5.82. The molecule has 2 amide bonds. The van der Waals surface area contributed by atoms with Gasteiger partial charge in [-0.25, -0.2) is 4.98 Å². The molecule has 2 N–H and O–H groups in total. The number of rotatable bonds is 9. The maximum Gasteiger partial charge on any atom is 0.253 e. The van der Waals surface area contributed by atoms with Crippen molar-refractivity contribution in [2.75, 3.05) is 26.1 Å². The zero-order chi connectivity index (χ0) is 24.8. The minimum absolute atomic E-state index is 0.127. The van der Waals surface area contributed by atoms with E-state index in [1.165, 1.54) is 0 Å². The summed E-state index contributed by atoms with van der Waals surface area (Å²) in [6, 6.07) is 12.6. The van der Waals surface area contributed by atoms with E-state index in [4.69, 9.17) is 18.6 Å². The van der Waals surface area contributed by atoms with Crippen LogP contribution in [-0.2, 0) is 27.3 Å². The number of para-hydroxylation sites is 1. The van der Waals surface area contributed by atoms with Crippen LogP contribution in [0.5, 0.6) is 11.5 Å². The highest BCUT2D eigenvalue weighted by Gasteiger charge is 2.25. The largest absolute Gasteiger partial charge is 0.497 e. The van der Waals surface area contributed by atoms with Crippen LogP contribution < -0.4 is 20.1 Å². The molecule has 4 rings (SSSR count). The molecule has 0 saturated carbocycles. The van der Waals surface area contributed by atoms with Gasteiger partial charge >= 0.3 is 0 Å². The van der Waals surface area contributed by atoms with E-state index in [1.54, 1.807) is 45.4 Å². The third-order valence-electron chi connectivity index (χ3n) is 5.82. The van der Waals surface area contributed by atoms with Gasteiger partial charge in [-0.3, -0.25) is 9.59 Å². The summed E-state index contributed by atoms with van der Waals surface area (Å²) < 4.78 is 22.0. The number of oxazole rings is 1. The molecule has 35 heavy (non-hydrogen) atoms. The van der Waals surface area contributed by atoms with E-state index in [-0.39, 0.29) is 24.8 Å². The van der Waals surface area contributed by atoms with Crippen LogP contribution in [0, 0.1) is 6.92 Å². The van der Waals surface area contributed by atoms with Gasteiger partial charge < -0.3 is 29.3 Å². The maximum absolute atomic E-state index is 12.6. The number of aromatic nitrogens is 1. The highest BCUT2D eigenvalue weighted by atomic mass is 16.5. The highest BCUT2D eigenvalue weighted by Crippen LogP contribution is 2.30. The van der Waals surface area contributed by atoms with Crippen LogP contribution in [0.2, 0.25) is 0 Å². The highest BCUT2D eigenvalue weighted by molar-refractivity contribution is 5.97. The van der Waals surface area contributed by atoms with Gasteiger partial charge in [0.25, 0.3) is 5.91 Å². The van der Waals surface area contributed by atoms with Crippen LogP contribution in [0.4, 0.5) is 5.69 Å². The number of nitrogens with zero attached hydrogens (tertiary/aromatic N) is 1. The van der Waals surface area contributed by atoms with Gasteiger partial charge in [-0.1, -0.05) is 12.1 Å². The van der Waals surface area contributed by atoms with Gasteiger partial charge in [0.2, 0.25) is 11.8 Å². The number of carbonyl (C=O) groups excluding carboxylic acids is 2. The van der Waals surface area contributed by atoms with E-state index >= 15 is 0 Å². The van der Waals surface area contributed by atoms with Gasteiger partial charge in [-0.2, -0.15) is 0 Å². The lowest BCUT2D eigenvalue weighted by atomic mass is 10.1. The van der Waals surface area contributed by atoms with Crippen molar-refractivity contribution in [3.63, 3.8) is 0 Å². The molecule has 0 unspecified atom stereocenters. The smallest absolute Gasteiger partial charge is 0.253 e. The number of hydrogen-bond acceptors (Lipinski definition) is 7. The molecule has 0 radical (unpaired) electrons. The van der Waals surface area contributed by atoms with Crippen molar-refractivity contribution in [1.29, 1.82) is 0 Å². The number of hydrogen-bond donors (Lipinski definition) is 2. The minimum atomic E-state index is -0.441. The predicted molar refractivity (Wildman–Crippen MR) is 129 cm³/mol. The number of amides is 2. The van der Waals surface area contributed by atoms with Crippen LogP contribution in [0.3, 0.4) is 0 Å². The first-order valence-electron chi connectivity index (χ1n) is 11.4. The fraction of sp³-hybridized carbons (Fsp3) is 0.346. The van der Waals surface area contributed by atoms with Gasteiger partial charge in [0.05, 0.1) is 38.4 Å². The van der Waals surface area contributed by atoms with Crippen molar-refractivity contribution in [3.05, 3.63) is 59.5 Å². The molecule has 9 nitrogen and oxygen atoms in total. The Morgan fingerprint density at radius 1 is 1.14 bits per heavy atom. The molecular weight excluding hydrogens is 450 g/mol. The Hall–Kier alpha value is -3.85. The number of aryl methyl sites for hydroxylation is 1. The van der Waals surface area contributed by atoms with Crippen molar-refractivity contribution < 1.29 is 28.2 Å². The van der Waals surface area contributed by atoms with E-state index in [0.29, 0.717) is 53.1 Å². The van der Waals surface area contributed by atoms with Crippen molar-refractivity contribution >= 4 is 17.5 Å². The maximum atomic E-state index is 12.6. The molecular formula is C26H29N3O6. The molecule has 1 aliphatic heterocycles. The zero-order valence-electron chi connectivity index (χ0n) is 20.1. The first-order chi connectivity index (χ1) is 17.0. The molecule has 184 valence electrons. The lowest BCUT2D eigenvalue weighted by Crippen LogP contribution is -2.27. The van der Waals surface area contributed by atoms with Crippen LogP contribution >= 0.6 is 0 Å². The summed E-state index contributed by atoms with van der Waals surface area (Å²) in [5.41, 5.74) is 2.57. The standard InChI is InChI=1S/C26H29N3O6/c1-16-21(15-27-24(30)14-17-13-18(32-2)10-11-22(17)33-3)29-26(35-16)19-7-4-5-8-20(19)28-25(31)23-9-6-12-34-23/h4-5,7-8,10-11,13,23H,6,9,12,14-15H2,1-3H3,(H,27,30)(H,28,31)/t23-/m0/s1. The summed E-state index contributed by atoms with van der Waals surface area (Å²) in [6.07, 6.45) is 1.27. The summed E-state index contributed by atoms with van der Waals surface area (Å²) in [7, 11) is 3.13. The molecule has 2 heterocycles. The van der Waals surface area contributed by atoms with E-state index in [1.807, 2.05) is 18.2 Å². The van der Waals surface area contributed by atoms with Gasteiger partial charge in [0, 0.05) is 12.2 Å². The second kappa shape index (κ2) is 11.1. The minimum Gasteiger partial charge on any atom is -0.497 e. The Morgan fingerprint density at radius 3 is 2.71 bits per heavy atom. The molecule has 0 spiro atoms. The van der Waals surface area contributed by atoms with E-state index in [0.717, 1.165) is 12.0 Å². The van der Waals surface area contributed by atoms with Crippen LogP contribution in [0.25, 0.3) is 11.5 Å². The fourth-order valence-electron chi connectivity index (χ4n) is 3.92. The molecule has 0 bridgehead atoms. The first-order valence-corrected chi connectivity index (χ1v) is 11.4. The lowest BCUT2D eigenvalue weighted by molar-refractivity contribution is -0.124. The molecule has 3 aromatic rings. The summed E-state index contributed by atoms with van der Waals surface area (Å²) in [6.45, 7) is 2.58. The fourth-order valence-corrected chi connectivity index (χ4v) is 3.92. The quantitative estimate of drug-likeness (QED) is 0.482. The Balaban J connectivity index is 1.43. The van der Waals surface area contributed by atoms with E-state index < -0.39 is 6.10 Å². The van der Waals surface area contributed by atoms with Crippen molar-refractivity contribution in [3.8, 4) is 23.0 Å². The number of nitrogens with one attached hydrogen (secondary N) is 2. The third kappa shape index (κ3) is 5.81. The molecule has 1 atom stereocenters. The van der Waals surface area contributed by atoms with Gasteiger partial charge in [-0.15, -0.1) is 0 Å². The molecule has 9 heteroatoms. The van der Waals surface area contributed by atoms with Crippen molar-refractivity contribution in [2.45, 2.75) is 38.8 Å². The average molecular weight is 480 g/mol. The predicted octanol–water partition coefficient (Wildman–Crippen LogP) is 3.64. The Kier molecular flexibility index (Phi) is 7.67. The zero-order valence-corrected chi connectivity index (χ0v) is 20.1. The topological polar surface area (TPSA) is 112 Å². The number of carbonyl (C=O) groups is 2.